The number of nitrogens with one attached hydrogen (secondary N) is 2. The summed E-state index contributed by atoms with van der Waals surface area (Å²) in [5, 5.41) is 19.6. The van der Waals surface area contributed by atoms with Crippen molar-refractivity contribution >= 4 is 29.2 Å². The van der Waals surface area contributed by atoms with Gasteiger partial charge in [-0.15, -0.1) is 5.10 Å². The van der Waals surface area contributed by atoms with Crippen molar-refractivity contribution in [1.82, 2.24) is 14.6 Å². The molecule has 1 aliphatic heterocycles. The van der Waals surface area contributed by atoms with Crippen LogP contribution in [-0.2, 0) is 11.3 Å². The first kappa shape index (κ1) is 17.3. The van der Waals surface area contributed by atoms with Crippen LogP contribution < -0.4 is 20.1 Å². The topological polar surface area (TPSA) is 127 Å². The summed E-state index contributed by atoms with van der Waals surface area (Å²) in [7, 11) is 0. The number of carboxylic acids is 1. The largest absolute Gasteiger partial charge is 0.478 e. The van der Waals surface area contributed by atoms with Crippen molar-refractivity contribution in [3.8, 4) is 11.5 Å². The van der Waals surface area contributed by atoms with E-state index in [0.29, 0.717) is 29.4 Å². The summed E-state index contributed by atoms with van der Waals surface area (Å²) in [5.74, 6) is 0.323. The average molecular weight is 395 g/mol. The van der Waals surface area contributed by atoms with E-state index in [1.807, 2.05) is 18.2 Å². The molecule has 0 atom stereocenters. The minimum atomic E-state index is -1.09. The number of nitrogens with zero attached hydrogens (tertiary/aromatic N) is 3. The Morgan fingerprint density at radius 2 is 2.03 bits per heavy atom. The van der Waals surface area contributed by atoms with Crippen LogP contribution in [0, 0.1) is 5.92 Å². The second-order valence-electron chi connectivity index (χ2n) is 6.95. The van der Waals surface area contributed by atoms with Crippen molar-refractivity contribution in [2.75, 3.05) is 17.4 Å². The first-order valence-corrected chi connectivity index (χ1v) is 9.14. The Morgan fingerprint density at radius 1 is 1.21 bits per heavy atom. The van der Waals surface area contributed by atoms with Crippen molar-refractivity contribution in [2.24, 2.45) is 5.92 Å². The van der Waals surface area contributed by atoms with Gasteiger partial charge in [-0.1, -0.05) is 6.07 Å². The number of amides is 1. The van der Waals surface area contributed by atoms with Gasteiger partial charge in [-0.2, -0.15) is 4.98 Å². The van der Waals surface area contributed by atoms with Crippen molar-refractivity contribution in [3.05, 3.63) is 41.6 Å². The van der Waals surface area contributed by atoms with Crippen LogP contribution >= 0.6 is 0 Å². The lowest BCUT2D eigenvalue weighted by Crippen LogP contribution is -2.14. The summed E-state index contributed by atoms with van der Waals surface area (Å²) >= 11 is 0. The number of carboxylic acid groups (broad SMARTS) is 1. The predicted octanol–water partition coefficient (Wildman–Crippen LogP) is 2.12. The smallest absolute Gasteiger partial charge is 0.337 e. The molecule has 1 amide bonds. The number of pyridine rings is 1. The highest BCUT2D eigenvalue weighted by Gasteiger charge is 2.30. The van der Waals surface area contributed by atoms with Crippen LogP contribution in [0.3, 0.4) is 0 Å². The number of rotatable bonds is 6. The summed E-state index contributed by atoms with van der Waals surface area (Å²) in [6.45, 7) is 0.570. The van der Waals surface area contributed by atoms with E-state index in [0.717, 1.165) is 18.4 Å². The Labute approximate surface area is 164 Å². The summed E-state index contributed by atoms with van der Waals surface area (Å²) in [6, 6.07) is 6.95. The Kier molecular flexibility index (Phi) is 3.97. The lowest BCUT2D eigenvalue weighted by molar-refractivity contribution is -0.117. The Balaban J connectivity index is 1.39. The van der Waals surface area contributed by atoms with Gasteiger partial charge in [-0.05, 0) is 36.6 Å². The number of aromatic nitrogens is 3. The molecule has 2 aromatic heterocycles. The number of hydrogen-bond acceptors (Lipinski definition) is 7. The minimum Gasteiger partial charge on any atom is -0.478 e. The van der Waals surface area contributed by atoms with E-state index < -0.39 is 5.97 Å². The van der Waals surface area contributed by atoms with Gasteiger partial charge in [0.25, 0.3) is 0 Å². The zero-order chi connectivity index (χ0) is 20.0. The highest BCUT2D eigenvalue weighted by Crippen LogP contribution is 2.33. The molecule has 0 radical (unpaired) electrons. The molecule has 1 aliphatic carbocycles. The van der Waals surface area contributed by atoms with Gasteiger partial charge in [0.1, 0.15) is 0 Å². The zero-order valence-corrected chi connectivity index (χ0v) is 15.2. The van der Waals surface area contributed by atoms with Crippen molar-refractivity contribution in [1.29, 1.82) is 0 Å². The standard InChI is InChI=1S/C19H17N5O5/c25-17(11-2-3-11)22-19-21-16-6-12(18(26)27)13(8-24(16)23-19)20-7-10-1-4-14-15(5-10)29-9-28-14/h1,4-6,8,11,20H,2-3,7,9H2,(H,26,27)(H,22,23,25). The lowest BCUT2D eigenvalue weighted by atomic mass is 10.1. The van der Waals surface area contributed by atoms with Gasteiger partial charge in [0.15, 0.2) is 17.1 Å². The second-order valence-corrected chi connectivity index (χ2v) is 6.95. The molecular weight excluding hydrogens is 378 g/mol. The number of fused-ring (bicyclic) bond motifs is 2. The maximum Gasteiger partial charge on any atom is 0.337 e. The summed E-state index contributed by atoms with van der Waals surface area (Å²) in [4.78, 5) is 27.8. The van der Waals surface area contributed by atoms with Gasteiger partial charge in [0.2, 0.25) is 18.6 Å². The normalized spacial score (nSPS) is 14.8. The SMILES string of the molecule is O=C(O)c1cc2nc(NC(=O)C3CC3)nn2cc1NCc1ccc2c(c1)OCO2. The molecular formula is C19H17N5O5. The van der Waals surface area contributed by atoms with Gasteiger partial charge in [-0.3, -0.25) is 10.1 Å². The zero-order valence-electron chi connectivity index (χ0n) is 15.2. The molecule has 3 heterocycles. The molecule has 0 bridgehead atoms. The molecule has 148 valence electrons. The maximum absolute atomic E-state index is 11.9. The fourth-order valence-electron chi connectivity index (χ4n) is 3.10. The molecule has 3 N–H and O–H groups in total. The van der Waals surface area contributed by atoms with E-state index in [9.17, 15) is 14.7 Å². The predicted molar refractivity (Wildman–Crippen MR) is 101 cm³/mol. The molecule has 10 heteroatoms. The van der Waals surface area contributed by atoms with E-state index in [2.05, 4.69) is 20.7 Å². The molecule has 3 aromatic rings. The fourth-order valence-corrected chi connectivity index (χ4v) is 3.10. The first-order valence-electron chi connectivity index (χ1n) is 9.14. The molecule has 29 heavy (non-hydrogen) atoms. The van der Waals surface area contributed by atoms with Gasteiger partial charge < -0.3 is 19.9 Å². The highest BCUT2D eigenvalue weighted by molar-refractivity contribution is 5.95. The number of carbonyl (C=O) groups excluding carboxylic acids is 1. The average Bonchev–Trinajstić information content (AvgIpc) is 3.33. The number of ether oxygens (including phenoxy) is 2. The van der Waals surface area contributed by atoms with Gasteiger partial charge in [0.05, 0.1) is 17.4 Å². The molecule has 1 saturated carbocycles. The Hall–Kier alpha value is -3.82. The number of anilines is 2. The Bertz CT molecular complexity index is 1140. The maximum atomic E-state index is 11.9. The van der Waals surface area contributed by atoms with Crippen molar-refractivity contribution in [2.45, 2.75) is 19.4 Å². The summed E-state index contributed by atoms with van der Waals surface area (Å²) < 4.78 is 12.1. The number of hydrogen-bond donors (Lipinski definition) is 3. The number of benzene rings is 1. The van der Waals surface area contributed by atoms with Crippen LogP contribution in [0.25, 0.3) is 5.65 Å². The quantitative estimate of drug-likeness (QED) is 0.579. The van der Waals surface area contributed by atoms with Crippen molar-refractivity contribution < 1.29 is 24.2 Å². The van der Waals surface area contributed by atoms with Crippen LogP contribution in [0.5, 0.6) is 11.5 Å². The van der Waals surface area contributed by atoms with E-state index in [-0.39, 0.29) is 30.1 Å². The van der Waals surface area contributed by atoms with Crippen LogP contribution in [0.15, 0.2) is 30.5 Å². The third kappa shape index (κ3) is 3.40. The number of aromatic carboxylic acids is 1. The van der Waals surface area contributed by atoms with Gasteiger partial charge in [0, 0.05) is 12.5 Å². The van der Waals surface area contributed by atoms with E-state index in [1.165, 1.54) is 10.6 Å². The van der Waals surface area contributed by atoms with Crippen LogP contribution in [0.2, 0.25) is 0 Å². The summed E-state index contributed by atoms with van der Waals surface area (Å²) in [5.41, 5.74) is 1.68. The number of carbonyl (C=O) groups is 2. The lowest BCUT2D eigenvalue weighted by Gasteiger charge is -2.10. The van der Waals surface area contributed by atoms with Gasteiger partial charge >= 0.3 is 5.97 Å². The third-order valence-electron chi connectivity index (χ3n) is 4.81. The molecule has 5 rings (SSSR count). The molecule has 0 saturated heterocycles. The minimum absolute atomic E-state index is 0.0233. The fraction of sp³-hybridized carbons (Fsp3) is 0.263. The van der Waals surface area contributed by atoms with E-state index in [4.69, 9.17) is 9.47 Å². The molecule has 1 aromatic carbocycles. The first-order chi connectivity index (χ1) is 14.1. The highest BCUT2D eigenvalue weighted by atomic mass is 16.7. The van der Waals surface area contributed by atoms with Gasteiger partial charge in [-0.25, -0.2) is 9.31 Å². The van der Waals surface area contributed by atoms with Crippen molar-refractivity contribution in [3.63, 3.8) is 0 Å². The Morgan fingerprint density at radius 3 is 2.83 bits per heavy atom. The summed E-state index contributed by atoms with van der Waals surface area (Å²) in [6.07, 6.45) is 3.29. The molecule has 10 nitrogen and oxygen atoms in total. The van der Waals surface area contributed by atoms with E-state index in [1.54, 1.807) is 6.20 Å². The second kappa shape index (κ2) is 6.66. The molecule has 2 aliphatic rings. The third-order valence-corrected chi connectivity index (χ3v) is 4.81. The van der Waals surface area contributed by atoms with E-state index >= 15 is 0 Å². The molecule has 0 spiro atoms. The molecule has 0 unspecified atom stereocenters. The van der Waals surface area contributed by atoms with Crippen LogP contribution in [0.4, 0.5) is 11.6 Å². The van der Waals surface area contributed by atoms with Crippen LogP contribution in [0.1, 0.15) is 28.8 Å². The molecule has 1 fully saturated rings. The monoisotopic (exact) mass is 395 g/mol. The van der Waals surface area contributed by atoms with Crippen LogP contribution in [-0.4, -0.2) is 38.4 Å².